The van der Waals surface area contributed by atoms with E-state index in [9.17, 15) is 0 Å². The van der Waals surface area contributed by atoms with Gasteiger partial charge in [0, 0.05) is 35.3 Å². The Kier molecular flexibility index (Phi) is 6.00. The fraction of sp³-hybridized carbons (Fsp3) is 0.333. The first-order valence-electron chi connectivity index (χ1n) is 12.5. The molecule has 2 heteroatoms. The lowest BCUT2D eigenvalue weighted by Gasteiger charge is -2.35. The molecule has 2 aliphatic heterocycles. The monoisotopic (exact) mass is 464 g/mol. The van der Waals surface area contributed by atoms with Crippen molar-refractivity contribution >= 4 is 17.1 Å². The van der Waals surface area contributed by atoms with Crippen molar-refractivity contribution in [2.75, 3.05) is 11.9 Å². The highest BCUT2D eigenvalue weighted by atomic mass is 15.2. The molecule has 0 N–H and O–H groups in total. The van der Waals surface area contributed by atoms with Gasteiger partial charge >= 0.3 is 0 Å². The second-order valence-corrected chi connectivity index (χ2v) is 11.1. The molecule has 0 spiro atoms. The summed E-state index contributed by atoms with van der Waals surface area (Å²) in [5.74, 6) is 0. The minimum atomic E-state index is -0.0656. The molecule has 3 aromatic rings. The molecule has 2 heterocycles. The Morgan fingerprint density at radius 1 is 0.571 bits per heavy atom. The van der Waals surface area contributed by atoms with Crippen molar-refractivity contribution in [1.82, 2.24) is 4.90 Å². The van der Waals surface area contributed by atoms with Crippen LogP contribution in [0.4, 0.5) is 5.69 Å². The van der Waals surface area contributed by atoms with Crippen molar-refractivity contribution in [3.63, 3.8) is 0 Å². The summed E-state index contributed by atoms with van der Waals surface area (Å²) in [6, 6.07) is 19.4. The molecule has 0 amide bonds. The summed E-state index contributed by atoms with van der Waals surface area (Å²) in [6.45, 7) is 26.4. The fourth-order valence-corrected chi connectivity index (χ4v) is 6.23. The maximum Gasteiger partial charge on any atom is 0.0655 e. The largest absolute Gasteiger partial charge is 0.365 e. The smallest absolute Gasteiger partial charge is 0.0655 e. The molecular formula is C33H40N2. The Labute approximate surface area is 212 Å². The van der Waals surface area contributed by atoms with Gasteiger partial charge in [-0.05, 0) is 101 Å². The van der Waals surface area contributed by atoms with Crippen molar-refractivity contribution in [3.05, 3.63) is 112 Å². The van der Waals surface area contributed by atoms with Gasteiger partial charge in [0.25, 0.3) is 0 Å². The Morgan fingerprint density at radius 2 is 1.00 bits per heavy atom. The maximum absolute atomic E-state index is 4.38. The van der Waals surface area contributed by atoms with E-state index in [4.69, 9.17) is 0 Å². The van der Waals surface area contributed by atoms with Crippen LogP contribution in [0.1, 0.15) is 72.2 Å². The van der Waals surface area contributed by atoms with Gasteiger partial charge in [0.1, 0.15) is 0 Å². The van der Waals surface area contributed by atoms with Gasteiger partial charge in [0.15, 0.2) is 0 Å². The number of anilines is 1. The van der Waals surface area contributed by atoms with Crippen LogP contribution in [-0.4, -0.2) is 11.9 Å². The highest BCUT2D eigenvalue weighted by Gasteiger charge is 2.42. The second kappa shape index (κ2) is 8.45. The number of nitrogens with zero attached hydrogens (tertiary/aromatic N) is 2. The predicted octanol–water partition coefficient (Wildman–Crippen LogP) is 8.48. The van der Waals surface area contributed by atoms with Crippen LogP contribution in [0, 0.1) is 27.7 Å². The molecule has 0 aliphatic carbocycles. The summed E-state index contributed by atoms with van der Waals surface area (Å²) in [5, 5.41) is 0. The van der Waals surface area contributed by atoms with E-state index in [0.29, 0.717) is 0 Å². The lowest BCUT2D eigenvalue weighted by atomic mass is 9.87. The lowest BCUT2D eigenvalue weighted by molar-refractivity contribution is 0.263. The third-order valence-electron chi connectivity index (χ3n) is 8.13. The molecule has 0 aromatic heterocycles. The lowest BCUT2D eigenvalue weighted by Crippen LogP contribution is -2.34. The minimum absolute atomic E-state index is 0.0656. The van der Waals surface area contributed by atoms with Crippen LogP contribution >= 0.6 is 0 Å². The highest BCUT2D eigenvalue weighted by molar-refractivity contribution is 5.89. The van der Waals surface area contributed by atoms with Gasteiger partial charge < -0.3 is 9.80 Å². The molecule has 0 saturated carbocycles. The number of para-hydroxylation sites is 1. The van der Waals surface area contributed by atoms with E-state index in [1.165, 1.54) is 50.2 Å². The molecule has 0 atom stereocenters. The van der Waals surface area contributed by atoms with Crippen LogP contribution in [0.3, 0.4) is 0 Å². The standard InChI is InChI=1S/C19H21N.C14H19N/c1-13-11-12-14(2)18-17(13)15(3)20(19(18,4)5)16-9-7-6-8-10-16;1-9-7-8-10(2)13-12(9)11(3)15(6)14(13,4)5/h6-12H,3H2,1-2,4-5H3;7-8H,3H2,1-2,4-6H3. The normalized spacial score (nSPS) is 17.2. The molecule has 3 aromatic carbocycles. The third kappa shape index (κ3) is 3.71. The predicted molar refractivity (Wildman–Crippen MR) is 153 cm³/mol. The van der Waals surface area contributed by atoms with Crippen LogP contribution in [-0.2, 0) is 11.1 Å². The zero-order valence-corrected chi connectivity index (χ0v) is 23.0. The molecule has 5 rings (SSSR count). The maximum atomic E-state index is 4.38. The van der Waals surface area contributed by atoms with E-state index in [2.05, 4.69) is 140 Å². The molecule has 2 aliphatic rings. The first-order chi connectivity index (χ1) is 16.3. The number of hydrogen-bond donors (Lipinski definition) is 0. The van der Waals surface area contributed by atoms with Crippen LogP contribution < -0.4 is 4.90 Å². The van der Waals surface area contributed by atoms with Crippen molar-refractivity contribution in [1.29, 1.82) is 0 Å². The summed E-state index contributed by atoms with van der Waals surface area (Å²) >= 11 is 0. The van der Waals surface area contributed by atoms with Crippen LogP contribution in [0.2, 0.25) is 0 Å². The van der Waals surface area contributed by atoms with E-state index in [0.717, 1.165) is 11.4 Å². The van der Waals surface area contributed by atoms with E-state index >= 15 is 0 Å². The first-order valence-corrected chi connectivity index (χ1v) is 12.5. The quantitative estimate of drug-likeness (QED) is 0.356. The molecule has 0 unspecified atom stereocenters. The molecule has 182 valence electrons. The second-order valence-electron chi connectivity index (χ2n) is 11.1. The highest BCUT2D eigenvalue weighted by Crippen LogP contribution is 2.49. The van der Waals surface area contributed by atoms with Gasteiger partial charge in [-0.15, -0.1) is 0 Å². The number of hydrogen-bond acceptors (Lipinski definition) is 2. The summed E-state index contributed by atoms with van der Waals surface area (Å²) in [6.07, 6.45) is 0. The van der Waals surface area contributed by atoms with Crippen molar-refractivity contribution in [2.45, 2.75) is 66.5 Å². The van der Waals surface area contributed by atoms with Crippen LogP contribution in [0.25, 0.3) is 11.4 Å². The number of aryl methyl sites for hydroxylation is 4. The summed E-state index contributed by atoms with van der Waals surface area (Å²) < 4.78 is 0. The molecule has 0 bridgehead atoms. The zero-order chi connectivity index (χ0) is 25.9. The zero-order valence-electron chi connectivity index (χ0n) is 23.0. The van der Waals surface area contributed by atoms with Gasteiger partial charge in [-0.2, -0.15) is 0 Å². The number of benzene rings is 3. The Balaban J connectivity index is 0.000000172. The summed E-state index contributed by atoms with van der Waals surface area (Å²) in [5.41, 5.74) is 14.3. The van der Waals surface area contributed by atoms with Gasteiger partial charge in [-0.3, -0.25) is 0 Å². The van der Waals surface area contributed by atoms with Crippen LogP contribution in [0.15, 0.2) is 67.8 Å². The molecule has 0 fully saturated rings. The van der Waals surface area contributed by atoms with Gasteiger partial charge in [0.05, 0.1) is 11.1 Å². The summed E-state index contributed by atoms with van der Waals surface area (Å²) in [4.78, 5) is 4.63. The topological polar surface area (TPSA) is 6.48 Å². The SMILES string of the molecule is C=C1c2c(C)ccc(C)c2C(C)(C)N1C.C=C1c2c(C)ccc(C)c2C(C)(C)N1c1ccccc1. The molecular weight excluding hydrogens is 424 g/mol. The Hall–Kier alpha value is -3.26. The van der Waals surface area contributed by atoms with Gasteiger partial charge in [-0.25, -0.2) is 0 Å². The van der Waals surface area contributed by atoms with E-state index in [-0.39, 0.29) is 11.1 Å². The first kappa shape index (κ1) is 24.9. The van der Waals surface area contributed by atoms with Crippen molar-refractivity contribution in [2.24, 2.45) is 0 Å². The minimum Gasteiger partial charge on any atom is -0.365 e. The molecule has 0 radical (unpaired) electrons. The van der Waals surface area contributed by atoms with Crippen molar-refractivity contribution < 1.29 is 0 Å². The van der Waals surface area contributed by atoms with E-state index < -0.39 is 0 Å². The molecule has 35 heavy (non-hydrogen) atoms. The van der Waals surface area contributed by atoms with Crippen molar-refractivity contribution in [3.8, 4) is 0 Å². The van der Waals surface area contributed by atoms with E-state index in [1.54, 1.807) is 0 Å². The Bertz CT molecular complexity index is 1320. The fourth-order valence-electron chi connectivity index (χ4n) is 6.23. The Morgan fingerprint density at radius 3 is 1.46 bits per heavy atom. The average molecular weight is 465 g/mol. The third-order valence-corrected chi connectivity index (χ3v) is 8.13. The molecule has 0 saturated heterocycles. The average Bonchev–Trinajstić information content (AvgIpc) is 3.14. The van der Waals surface area contributed by atoms with Gasteiger partial charge in [-0.1, -0.05) is 55.6 Å². The number of rotatable bonds is 1. The van der Waals surface area contributed by atoms with Crippen LogP contribution in [0.5, 0.6) is 0 Å². The van der Waals surface area contributed by atoms with E-state index in [1.807, 2.05) is 0 Å². The van der Waals surface area contributed by atoms with Gasteiger partial charge in [0.2, 0.25) is 0 Å². The molecule has 2 nitrogen and oxygen atoms in total. The number of fused-ring (bicyclic) bond motifs is 2. The summed E-state index contributed by atoms with van der Waals surface area (Å²) in [7, 11) is 2.13.